The molecule has 0 saturated heterocycles. The van der Waals surface area contributed by atoms with Crippen molar-refractivity contribution in [2.75, 3.05) is 31.3 Å². The van der Waals surface area contributed by atoms with E-state index >= 15 is 0 Å². The zero-order valence-electron chi connectivity index (χ0n) is 12.9. The molecule has 10 heteroatoms. The molecule has 1 heterocycles. The number of fused-ring (bicyclic) bond motifs is 1. The van der Waals surface area contributed by atoms with Crippen molar-refractivity contribution in [3.63, 3.8) is 0 Å². The van der Waals surface area contributed by atoms with Gasteiger partial charge in [-0.2, -0.15) is 0 Å². The van der Waals surface area contributed by atoms with Crippen molar-refractivity contribution < 1.29 is 17.9 Å². The molecule has 0 aliphatic carbocycles. The van der Waals surface area contributed by atoms with E-state index in [2.05, 4.69) is 9.97 Å². The fraction of sp³-hybridized carbons (Fsp3) is 0.385. The lowest BCUT2D eigenvalue weighted by molar-refractivity contribution is 0.334. The third-order valence-corrected chi connectivity index (χ3v) is 5.77. The molecule has 0 N–H and O–H groups in total. The Morgan fingerprint density at radius 1 is 1.17 bits per heavy atom. The van der Waals surface area contributed by atoms with Crippen molar-refractivity contribution in [2.24, 2.45) is 0 Å². The lowest BCUT2D eigenvalue weighted by atomic mass is 10.2. The van der Waals surface area contributed by atoms with Crippen molar-refractivity contribution >= 4 is 49.9 Å². The highest BCUT2D eigenvalue weighted by Crippen LogP contribution is 2.40. The number of rotatable bonds is 5. The zero-order chi connectivity index (χ0) is 17.4. The van der Waals surface area contributed by atoms with E-state index in [1.165, 1.54) is 34.3 Å². The summed E-state index contributed by atoms with van der Waals surface area (Å²) >= 11 is 12.3. The van der Waals surface area contributed by atoms with Crippen LogP contribution in [0.25, 0.3) is 11.0 Å². The fourth-order valence-corrected chi connectivity index (χ4v) is 3.34. The van der Waals surface area contributed by atoms with Gasteiger partial charge in [0.1, 0.15) is 5.52 Å². The number of halogens is 2. The van der Waals surface area contributed by atoms with Crippen LogP contribution in [0.2, 0.25) is 10.0 Å². The molecule has 0 atom stereocenters. The number of nitrogens with zero attached hydrogens (tertiary/aromatic N) is 3. The van der Waals surface area contributed by atoms with Crippen molar-refractivity contribution in [1.29, 1.82) is 0 Å². The molecule has 2 rings (SSSR count). The standard InChI is InChI=1S/C13H15Cl2N3O4S/c1-5-23(19,20)18(2)11-9(15)7(14)6-8-10(11)17-13(22-4)12(16-8)21-3/h6H,5H2,1-4H3. The van der Waals surface area contributed by atoms with Crippen LogP contribution in [0.1, 0.15) is 6.92 Å². The Morgan fingerprint density at radius 2 is 1.74 bits per heavy atom. The van der Waals surface area contributed by atoms with Gasteiger partial charge in [0, 0.05) is 7.05 Å². The van der Waals surface area contributed by atoms with Crippen LogP contribution in [0.4, 0.5) is 5.69 Å². The summed E-state index contributed by atoms with van der Waals surface area (Å²) in [4.78, 5) is 8.52. The normalized spacial score (nSPS) is 11.6. The number of methoxy groups -OCH3 is 2. The van der Waals surface area contributed by atoms with Gasteiger partial charge in [0.15, 0.2) is 0 Å². The van der Waals surface area contributed by atoms with E-state index in [0.29, 0.717) is 5.52 Å². The Hall–Kier alpha value is -1.51. The molecule has 0 saturated carbocycles. The Labute approximate surface area is 144 Å². The lowest BCUT2D eigenvalue weighted by Crippen LogP contribution is -2.28. The predicted molar refractivity (Wildman–Crippen MR) is 90.5 cm³/mol. The van der Waals surface area contributed by atoms with Crippen LogP contribution < -0.4 is 13.8 Å². The summed E-state index contributed by atoms with van der Waals surface area (Å²) in [6, 6.07) is 1.49. The predicted octanol–water partition coefficient (Wildman–Crippen LogP) is 2.74. The monoisotopic (exact) mass is 379 g/mol. The molecule has 0 amide bonds. The summed E-state index contributed by atoms with van der Waals surface area (Å²) in [5.74, 6) is 0.168. The van der Waals surface area contributed by atoms with Crippen LogP contribution in [-0.4, -0.2) is 45.4 Å². The molecule has 1 aromatic carbocycles. The minimum absolute atomic E-state index is 0.0696. The molecule has 0 bridgehead atoms. The Bertz CT molecular complexity index is 858. The maximum atomic E-state index is 12.2. The second-order valence-corrected chi connectivity index (χ2v) is 7.57. The average Bonchev–Trinajstić information content (AvgIpc) is 2.54. The van der Waals surface area contributed by atoms with Gasteiger partial charge in [-0.3, -0.25) is 4.31 Å². The van der Waals surface area contributed by atoms with E-state index in [1.807, 2.05) is 0 Å². The van der Waals surface area contributed by atoms with Crippen molar-refractivity contribution in [1.82, 2.24) is 9.97 Å². The van der Waals surface area contributed by atoms with Crippen LogP contribution >= 0.6 is 23.2 Å². The third-order valence-electron chi connectivity index (χ3n) is 3.25. The van der Waals surface area contributed by atoms with Gasteiger partial charge in [0.05, 0.1) is 41.2 Å². The van der Waals surface area contributed by atoms with Crippen molar-refractivity contribution in [3.05, 3.63) is 16.1 Å². The van der Waals surface area contributed by atoms with Crippen molar-refractivity contribution in [3.8, 4) is 11.8 Å². The summed E-state index contributed by atoms with van der Waals surface area (Å²) in [6.45, 7) is 1.53. The molecular formula is C13H15Cl2N3O4S. The molecule has 23 heavy (non-hydrogen) atoms. The molecule has 2 aromatic rings. The molecule has 126 valence electrons. The maximum absolute atomic E-state index is 12.2. The van der Waals surface area contributed by atoms with Gasteiger partial charge >= 0.3 is 0 Å². The molecule has 0 fully saturated rings. The van der Waals surface area contributed by atoms with Gasteiger partial charge in [-0.1, -0.05) is 23.2 Å². The van der Waals surface area contributed by atoms with E-state index in [-0.39, 0.29) is 38.8 Å². The molecule has 0 unspecified atom stereocenters. The minimum atomic E-state index is -3.57. The summed E-state index contributed by atoms with van der Waals surface area (Å²) in [6.07, 6.45) is 0. The second kappa shape index (κ2) is 6.54. The Morgan fingerprint density at radius 3 is 2.26 bits per heavy atom. The number of hydrogen-bond donors (Lipinski definition) is 0. The van der Waals surface area contributed by atoms with Crippen molar-refractivity contribution in [2.45, 2.75) is 6.92 Å². The van der Waals surface area contributed by atoms with Crippen LogP contribution in [0.3, 0.4) is 0 Å². The number of aromatic nitrogens is 2. The Kier molecular flexibility index (Phi) is 5.07. The smallest absolute Gasteiger partial charge is 0.278 e. The highest BCUT2D eigenvalue weighted by molar-refractivity contribution is 7.92. The first-order valence-electron chi connectivity index (χ1n) is 6.51. The van der Waals surface area contributed by atoms with Gasteiger partial charge in [-0.05, 0) is 13.0 Å². The van der Waals surface area contributed by atoms with E-state index < -0.39 is 10.0 Å². The fourth-order valence-electron chi connectivity index (χ4n) is 1.98. The minimum Gasteiger partial charge on any atom is -0.477 e. The molecule has 0 aliphatic heterocycles. The molecule has 0 spiro atoms. The highest BCUT2D eigenvalue weighted by atomic mass is 35.5. The van der Waals surface area contributed by atoms with Gasteiger partial charge in [-0.15, -0.1) is 0 Å². The molecule has 0 aliphatic rings. The van der Waals surface area contributed by atoms with E-state index in [0.717, 1.165) is 4.31 Å². The maximum Gasteiger partial charge on any atom is 0.278 e. The largest absolute Gasteiger partial charge is 0.477 e. The summed E-state index contributed by atoms with van der Waals surface area (Å²) < 4.78 is 35.7. The average molecular weight is 380 g/mol. The third kappa shape index (κ3) is 3.11. The number of benzene rings is 1. The van der Waals surface area contributed by atoms with Crippen LogP contribution in [-0.2, 0) is 10.0 Å². The number of sulfonamides is 1. The summed E-state index contributed by atoms with van der Waals surface area (Å²) in [5, 5.41) is 0.231. The lowest BCUT2D eigenvalue weighted by Gasteiger charge is -2.22. The first-order valence-corrected chi connectivity index (χ1v) is 8.87. The first-order chi connectivity index (χ1) is 10.8. The SMILES string of the molecule is CCS(=O)(=O)N(C)c1c(Cl)c(Cl)cc2nc(OC)c(OC)nc12. The van der Waals surface area contributed by atoms with Crippen LogP contribution in [0.15, 0.2) is 6.07 Å². The highest BCUT2D eigenvalue weighted by Gasteiger charge is 2.25. The summed E-state index contributed by atoms with van der Waals surface area (Å²) in [7, 11) is 0.642. The topological polar surface area (TPSA) is 81.6 Å². The first kappa shape index (κ1) is 17.8. The van der Waals surface area contributed by atoms with Crippen LogP contribution in [0, 0.1) is 0 Å². The van der Waals surface area contributed by atoms with E-state index in [1.54, 1.807) is 0 Å². The Balaban J connectivity index is 2.89. The molecular weight excluding hydrogens is 365 g/mol. The van der Waals surface area contributed by atoms with Gasteiger partial charge < -0.3 is 9.47 Å². The molecule has 1 aromatic heterocycles. The quantitative estimate of drug-likeness (QED) is 0.794. The van der Waals surface area contributed by atoms with E-state index in [4.69, 9.17) is 32.7 Å². The second-order valence-electron chi connectivity index (χ2n) is 4.50. The number of hydrogen-bond acceptors (Lipinski definition) is 6. The molecule has 7 nitrogen and oxygen atoms in total. The van der Waals surface area contributed by atoms with E-state index in [9.17, 15) is 8.42 Å². The summed E-state index contributed by atoms with van der Waals surface area (Å²) in [5.41, 5.74) is 0.728. The van der Waals surface area contributed by atoms with Gasteiger partial charge in [-0.25, -0.2) is 18.4 Å². The zero-order valence-corrected chi connectivity index (χ0v) is 15.3. The number of anilines is 1. The van der Waals surface area contributed by atoms with Crippen LogP contribution in [0.5, 0.6) is 11.8 Å². The van der Waals surface area contributed by atoms with Gasteiger partial charge in [0.25, 0.3) is 11.8 Å². The number of ether oxygens (including phenoxy) is 2. The molecule has 0 radical (unpaired) electrons. The van der Waals surface area contributed by atoms with Gasteiger partial charge in [0.2, 0.25) is 10.0 Å².